The number of rotatable bonds is 6. The van der Waals surface area contributed by atoms with Crippen LogP contribution in [0.25, 0.3) is 11.3 Å². The van der Waals surface area contributed by atoms with E-state index >= 15 is 0 Å². The van der Waals surface area contributed by atoms with Crippen LogP contribution in [-0.4, -0.2) is 47.0 Å². The topological polar surface area (TPSA) is 68.2 Å². The van der Waals surface area contributed by atoms with Crippen LogP contribution in [0.1, 0.15) is 10.6 Å². The summed E-state index contributed by atoms with van der Waals surface area (Å²) in [5.74, 6) is 0.171. The van der Waals surface area contributed by atoms with E-state index in [2.05, 4.69) is 32.0 Å². The van der Waals surface area contributed by atoms with Crippen LogP contribution >= 0.6 is 11.3 Å². The fraction of sp³-hybridized carbons (Fsp3) is 0.300. The number of carbonyl (C=O) groups is 1. The van der Waals surface area contributed by atoms with E-state index in [1.54, 1.807) is 36.1 Å². The molecule has 1 saturated heterocycles. The number of nitrogens with zero attached hydrogens (tertiary/aromatic N) is 4. The Balaban J connectivity index is 1.35. The Labute approximate surface area is 161 Å². The van der Waals surface area contributed by atoms with Crippen molar-refractivity contribution in [3.8, 4) is 11.3 Å². The summed E-state index contributed by atoms with van der Waals surface area (Å²) in [7, 11) is 0. The molecule has 1 aliphatic heterocycles. The molecule has 1 fully saturated rings. The Kier molecular flexibility index (Phi) is 5.50. The fourth-order valence-electron chi connectivity index (χ4n) is 3.00. The van der Waals surface area contributed by atoms with Crippen molar-refractivity contribution >= 4 is 22.1 Å². The van der Waals surface area contributed by atoms with Gasteiger partial charge >= 0.3 is 0 Å². The van der Waals surface area contributed by atoms with Gasteiger partial charge in [-0.05, 0) is 24.3 Å². The number of morpholine rings is 1. The van der Waals surface area contributed by atoms with E-state index in [0.29, 0.717) is 12.8 Å². The molecule has 0 unspecified atom stereocenters. The summed E-state index contributed by atoms with van der Waals surface area (Å²) >= 11 is 1.69. The largest absolute Gasteiger partial charge is 0.378 e. The average molecular weight is 380 g/mol. The van der Waals surface area contributed by atoms with Crippen LogP contribution in [0.5, 0.6) is 0 Å². The van der Waals surface area contributed by atoms with Crippen LogP contribution in [-0.2, 0) is 22.4 Å². The lowest BCUT2D eigenvalue weighted by Gasteiger charge is -2.27. The lowest BCUT2D eigenvalue weighted by molar-refractivity contribution is -0.117. The molecule has 0 amide bonds. The SMILES string of the molecule is O=C(Cc1ccc(-c2cnccn2)cn1)Cc1ccc(N2CCOCC2)s1. The molecule has 0 atom stereocenters. The van der Waals surface area contributed by atoms with Gasteiger partial charge in [-0.1, -0.05) is 0 Å². The molecule has 4 rings (SSSR count). The Morgan fingerprint density at radius 3 is 2.67 bits per heavy atom. The van der Waals surface area contributed by atoms with Crippen LogP contribution in [0.2, 0.25) is 0 Å². The molecule has 0 aliphatic carbocycles. The van der Waals surface area contributed by atoms with Gasteiger partial charge in [0.25, 0.3) is 0 Å². The highest BCUT2D eigenvalue weighted by Gasteiger charge is 2.15. The maximum atomic E-state index is 12.4. The molecular weight excluding hydrogens is 360 g/mol. The Hall–Kier alpha value is -2.64. The van der Waals surface area contributed by atoms with Crippen molar-refractivity contribution in [2.75, 3.05) is 31.2 Å². The zero-order valence-corrected chi connectivity index (χ0v) is 15.7. The summed E-state index contributed by atoms with van der Waals surface area (Å²) in [6, 6.07) is 7.97. The van der Waals surface area contributed by atoms with E-state index in [0.717, 1.165) is 48.1 Å². The molecule has 4 heterocycles. The number of pyridine rings is 1. The Bertz CT molecular complexity index is 890. The van der Waals surface area contributed by atoms with Gasteiger partial charge in [0.15, 0.2) is 0 Å². The predicted molar refractivity (Wildman–Crippen MR) is 105 cm³/mol. The van der Waals surface area contributed by atoms with Gasteiger partial charge in [0.05, 0.1) is 30.1 Å². The maximum absolute atomic E-state index is 12.4. The third kappa shape index (κ3) is 4.56. The van der Waals surface area contributed by atoms with Gasteiger partial charge in [0.2, 0.25) is 0 Å². The molecular formula is C20H20N4O2S. The zero-order valence-electron chi connectivity index (χ0n) is 14.9. The van der Waals surface area contributed by atoms with Crippen molar-refractivity contribution in [1.82, 2.24) is 15.0 Å². The summed E-state index contributed by atoms with van der Waals surface area (Å²) in [5, 5.41) is 1.22. The highest BCUT2D eigenvalue weighted by molar-refractivity contribution is 7.16. The number of hydrogen-bond acceptors (Lipinski definition) is 7. The number of carbonyl (C=O) groups excluding carboxylic acids is 1. The summed E-state index contributed by atoms with van der Waals surface area (Å²) in [6.07, 6.45) is 7.52. The highest BCUT2D eigenvalue weighted by atomic mass is 32.1. The molecule has 1 aliphatic rings. The minimum atomic E-state index is 0.171. The molecule has 27 heavy (non-hydrogen) atoms. The first kappa shape index (κ1) is 17.8. The van der Waals surface area contributed by atoms with E-state index in [-0.39, 0.29) is 5.78 Å². The lowest BCUT2D eigenvalue weighted by atomic mass is 10.1. The quantitative estimate of drug-likeness (QED) is 0.655. The van der Waals surface area contributed by atoms with Crippen LogP contribution in [0.3, 0.4) is 0 Å². The van der Waals surface area contributed by atoms with E-state index in [9.17, 15) is 4.79 Å². The van der Waals surface area contributed by atoms with Crippen molar-refractivity contribution < 1.29 is 9.53 Å². The molecule has 7 heteroatoms. The molecule has 0 radical (unpaired) electrons. The minimum Gasteiger partial charge on any atom is -0.378 e. The molecule has 0 bridgehead atoms. The van der Waals surface area contributed by atoms with E-state index < -0.39 is 0 Å². The second kappa shape index (κ2) is 8.37. The first-order chi connectivity index (χ1) is 13.3. The third-order valence-corrected chi connectivity index (χ3v) is 5.55. The summed E-state index contributed by atoms with van der Waals surface area (Å²) in [5.41, 5.74) is 2.45. The second-order valence-electron chi connectivity index (χ2n) is 6.36. The fourth-order valence-corrected chi connectivity index (χ4v) is 4.09. The molecule has 0 aromatic carbocycles. The number of ketones is 1. The second-order valence-corrected chi connectivity index (χ2v) is 7.51. The smallest absolute Gasteiger partial charge is 0.144 e. The van der Waals surface area contributed by atoms with E-state index in [4.69, 9.17) is 4.74 Å². The molecule has 3 aromatic heterocycles. The first-order valence-corrected chi connectivity index (χ1v) is 9.74. The van der Waals surface area contributed by atoms with Crippen molar-refractivity contribution in [3.05, 3.63) is 59.6 Å². The summed E-state index contributed by atoms with van der Waals surface area (Å²) < 4.78 is 5.39. The maximum Gasteiger partial charge on any atom is 0.144 e. The van der Waals surface area contributed by atoms with Crippen LogP contribution < -0.4 is 4.90 Å². The van der Waals surface area contributed by atoms with Crippen molar-refractivity contribution in [2.24, 2.45) is 0 Å². The molecule has 6 nitrogen and oxygen atoms in total. The number of hydrogen-bond donors (Lipinski definition) is 0. The third-order valence-electron chi connectivity index (χ3n) is 4.40. The Morgan fingerprint density at radius 2 is 1.93 bits per heavy atom. The van der Waals surface area contributed by atoms with Crippen molar-refractivity contribution in [2.45, 2.75) is 12.8 Å². The van der Waals surface area contributed by atoms with Crippen molar-refractivity contribution in [1.29, 1.82) is 0 Å². The molecule has 0 spiro atoms. The van der Waals surface area contributed by atoms with Gasteiger partial charge < -0.3 is 9.64 Å². The summed E-state index contributed by atoms with van der Waals surface area (Å²) in [6.45, 7) is 3.36. The minimum absolute atomic E-state index is 0.171. The number of thiophene rings is 1. The predicted octanol–water partition coefficient (Wildman–Crippen LogP) is 2.79. The summed E-state index contributed by atoms with van der Waals surface area (Å²) in [4.78, 5) is 28.6. The number of Topliss-reactive ketones (excluding diaryl/α,β-unsaturated/α-hetero) is 1. The van der Waals surface area contributed by atoms with Gasteiger partial charge in [-0.25, -0.2) is 0 Å². The van der Waals surface area contributed by atoms with Gasteiger partial charge in [0, 0.05) is 60.7 Å². The molecule has 0 N–H and O–H groups in total. The standard InChI is InChI=1S/C20H20N4O2S/c25-17(12-18-3-4-20(27-18)24-7-9-26-10-8-24)11-16-2-1-15(13-23-16)19-14-21-5-6-22-19/h1-6,13-14H,7-12H2. The average Bonchev–Trinajstić information content (AvgIpc) is 3.18. The first-order valence-electron chi connectivity index (χ1n) is 8.92. The molecule has 3 aromatic rings. The van der Waals surface area contributed by atoms with Crippen molar-refractivity contribution in [3.63, 3.8) is 0 Å². The Morgan fingerprint density at radius 1 is 1.04 bits per heavy atom. The zero-order chi connectivity index (χ0) is 18.5. The number of ether oxygens (including phenoxy) is 1. The lowest BCUT2D eigenvalue weighted by Crippen LogP contribution is -2.35. The van der Waals surface area contributed by atoms with Gasteiger partial charge in [-0.3, -0.25) is 19.7 Å². The van der Waals surface area contributed by atoms with Gasteiger partial charge in [-0.2, -0.15) is 0 Å². The number of anilines is 1. The van der Waals surface area contributed by atoms with E-state index in [1.807, 2.05) is 12.1 Å². The number of aromatic nitrogens is 3. The highest BCUT2D eigenvalue weighted by Crippen LogP contribution is 2.27. The van der Waals surface area contributed by atoms with Crippen LogP contribution in [0.4, 0.5) is 5.00 Å². The molecule has 138 valence electrons. The van der Waals surface area contributed by atoms with Gasteiger partial charge in [0.1, 0.15) is 5.78 Å². The van der Waals surface area contributed by atoms with Gasteiger partial charge in [-0.15, -0.1) is 11.3 Å². The van der Waals surface area contributed by atoms with Crippen LogP contribution in [0, 0.1) is 0 Å². The molecule has 0 saturated carbocycles. The van der Waals surface area contributed by atoms with E-state index in [1.165, 1.54) is 5.00 Å². The van der Waals surface area contributed by atoms with Crippen LogP contribution in [0.15, 0.2) is 49.1 Å². The monoisotopic (exact) mass is 380 g/mol. The normalized spacial score (nSPS) is 14.3.